The molecular formula is C14H18BrN5O3S. The average Bonchev–Trinajstić information content (AvgIpc) is 3.03. The molecule has 0 bridgehead atoms. The summed E-state index contributed by atoms with van der Waals surface area (Å²) in [6.45, 7) is 3.18. The molecule has 1 aliphatic rings. The molecule has 0 unspecified atom stereocenters. The summed E-state index contributed by atoms with van der Waals surface area (Å²) in [7, 11) is -3.64. The minimum Gasteiger partial charge on any atom is -0.365 e. The molecule has 0 spiro atoms. The Morgan fingerprint density at radius 2 is 2.21 bits per heavy atom. The van der Waals surface area contributed by atoms with Crippen molar-refractivity contribution in [1.82, 2.24) is 14.9 Å². The lowest BCUT2D eigenvalue weighted by Crippen LogP contribution is -2.45. The summed E-state index contributed by atoms with van der Waals surface area (Å²) in [5.41, 5.74) is 6.34. The van der Waals surface area contributed by atoms with Crippen LogP contribution in [0.25, 0.3) is 5.52 Å². The number of amides is 1. The summed E-state index contributed by atoms with van der Waals surface area (Å²) in [6.07, 6.45) is 4.14. The van der Waals surface area contributed by atoms with Gasteiger partial charge in [0.2, 0.25) is 10.0 Å². The van der Waals surface area contributed by atoms with E-state index >= 15 is 0 Å². The second-order valence-electron chi connectivity index (χ2n) is 6.02. The van der Waals surface area contributed by atoms with E-state index in [0.717, 1.165) is 10.7 Å². The first-order valence-corrected chi connectivity index (χ1v) is 10.0. The number of rotatable bonds is 4. The van der Waals surface area contributed by atoms with Crippen LogP contribution in [0.2, 0.25) is 0 Å². The lowest BCUT2D eigenvalue weighted by atomic mass is 10.1. The molecule has 0 radical (unpaired) electrons. The third-order valence-corrected chi connectivity index (χ3v) is 5.80. The molecule has 130 valence electrons. The van der Waals surface area contributed by atoms with Crippen LogP contribution in [0.5, 0.6) is 0 Å². The largest absolute Gasteiger partial charge is 0.365 e. The van der Waals surface area contributed by atoms with Gasteiger partial charge in [0.05, 0.1) is 35.3 Å². The number of primary amides is 1. The van der Waals surface area contributed by atoms with Crippen LogP contribution in [-0.4, -0.2) is 49.3 Å². The van der Waals surface area contributed by atoms with Crippen LogP contribution in [0.1, 0.15) is 17.3 Å². The van der Waals surface area contributed by atoms with Gasteiger partial charge >= 0.3 is 0 Å². The van der Waals surface area contributed by atoms with E-state index in [4.69, 9.17) is 5.73 Å². The first-order chi connectivity index (χ1) is 11.2. The second-order valence-corrected chi connectivity index (χ2v) is 8.80. The molecule has 3 heterocycles. The number of aromatic nitrogens is 2. The highest BCUT2D eigenvalue weighted by atomic mass is 79.9. The molecule has 10 heteroatoms. The zero-order valence-electron chi connectivity index (χ0n) is 13.2. The van der Waals surface area contributed by atoms with Gasteiger partial charge in [-0.25, -0.2) is 12.9 Å². The molecule has 24 heavy (non-hydrogen) atoms. The van der Waals surface area contributed by atoms with Gasteiger partial charge in [-0.05, 0) is 34.5 Å². The first-order valence-electron chi connectivity index (χ1n) is 7.37. The predicted molar refractivity (Wildman–Crippen MR) is 94.6 cm³/mol. The minimum atomic E-state index is -3.64. The fourth-order valence-corrected chi connectivity index (χ4v) is 4.82. The summed E-state index contributed by atoms with van der Waals surface area (Å²) in [5.74, 6) is -0.628. The first kappa shape index (κ1) is 17.2. The minimum absolute atomic E-state index is 0.0811. The maximum atomic E-state index is 12.6. The Kier molecular flexibility index (Phi) is 4.30. The van der Waals surface area contributed by atoms with Crippen molar-refractivity contribution < 1.29 is 13.2 Å². The van der Waals surface area contributed by atoms with Crippen LogP contribution in [0, 0.1) is 5.92 Å². The van der Waals surface area contributed by atoms with Crippen molar-refractivity contribution in [2.75, 3.05) is 23.7 Å². The quantitative estimate of drug-likeness (QED) is 0.758. The van der Waals surface area contributed by atoms with Crippen LogP contribution in [0.3, 0.4) is 0 Å². The molecule has 0 aromatic carbocycles. The number of hydrogen-bond acceptors (Lipinski definition) is 5. The molecule has 3 rings (SSSR count). The highest BCUT2D eigenvalue weighted by Gasteiger charge is 2.37. The Bertz CT molecular complexity index is 911. The summed E-state index contributed by atoms with van der Waals surface area (Å²) in [4.78, 5) is 11.9. The molecule has 8 nitrogen and oxygen atoms in total. The van der Waals surface area contributed by atoms with E-state index in [1.807, 2.05) is 6.92 Å². The number of fused-ring (bicyclic) bond motifs is 1. The summed E-state index contributed by atoms with van der Waals surface area (Å²) in [5, 5.41) is 7.34. The summed E-state index contributed by atoms with van der Waals surface area (Å²) >= 11 is 3.36. The maximum Gasteiger partial charge on any atom is 0.252 e. The molecule has 1 aliphatic heterocycles. The van der Waals surface area contributed by atoms with Gasteiger partial charge in [-0.1, -0.05) is 6.92 Å². The standard InChI is InChI=1S/C14H18BrN5O3S/c1-8-4-17-6-12(8)20(24(2,22)23)13-10(14(16)21)5-18-19-7-9(15)3-11(13)19/h3,5,7-8,12,17H,4,6H2,1-2H3,(H2,16,21)/t8-,12+/m0/s1. The molecule has 2 aromatic rings. The van der Waals surface area contributed by atoms with Gasteiger partial charge in [0.1, 0.15) is 0 Å². The lowest BCUT2D eigenvalue weighted by molar-refractivity contribution is 0.100. The molecule has 2 atom stereocenters. The molecule has 2 aromatic heterocycles. The number of nitrogens with one attached hydrogen (secondary N) is 1. The van der Waals surface area contributed by atoms with Crippen LogP contribution >= 0.6 is 15.9 Å². The van der Waals surface area contributed by atoms with E-state index in [9.17, 15) is 13.2 Å². The highest BCUT2D eigenvalue weighted by molar-refractivity contribution is 9.10. The Morgan fingerprint density at radius 3 is 2.75 bits per heavy atom. The van der Waals surface area contributed by atoms with Gasteiger partial charge in [-0.15, -0.1) is 0 Å². The van der Waals surface area contributed by atoms with Gasteiger partial charge in [0, 0.05) is 17.2 Å². The zero-order valence-corrected chi connectivity index (χ0v) is 15.6. The van der Waals surface area contributed by atoms with E-state index in [-0.39, 0.29) is 23.2 Å². The van der Waals surface area contributed by atoms with Gasteiger partial charge in [-0.3, -0.25) is 9.10 Å². The van der Waals surface area contributed by atoms with Gasteiger partial charge in [0.25, 0.3) is 5.91 Å². The number of sulfonamides is 1. The number of nitrogens with two attached hydrogens (primary N) is 1. The van der Waals surface area contributed by atoms with Crippen molar-refractivity contribution >= 4 is 43.1 Å². The molecule has 1 saturated heterocycles. The molecule has 1 amide bonds. The van der Waals surface area contributed by atoms with E-state index < -0.39 is 15.9 Å². The number of carbonyl (C=O) groups is 1. The van der Waals surface area contributed by atoms with Crippen LogP contribution in [0.15, 0.2) is 22.9 Å². The number of anilines is 1. The summed E-state index contributed by atoms with van der Waals surface area (Å²) < 4.78 is 28.7. The Balaban J connectivity index is 2.34. The molecule has 1 fully saturated rings. The fourth-order valence-electron chi connectivity index (χ4n) is 3.11. The maximum absolute atomic E-state index is 12.6. The van der Waals surface area contributed by atoms with Crippen molar-refractivity contribution in [2.24, 2.45) is 11.7 Å². The number of halogens is 1. The smallest absolute Gasteiger partial charge is 0.252 e. The van der Waals surface area contributed by atoms with Gasteiger partial charge in [-0.2, -0.15) is 5.10 Å². The molecule has 0 saturated carbocycles. The van der Waals surface area contributed by atoms with E-state index in [1.165, 1.54) is 15.0 Å². The van der Waals surface area contributed by atoms with Crippen molar-refractivity contribution in [3.05, 3.63) is 28.5 Å². The van der Waals surface area contributed by atoms with E-state index in [2.05, 4.69) is 26.3 Å². The Morgan fingerprint density at radius 1 is 1.50 bits per heavy atom. The SMILES string of the molecule is C[C@H]1CNC[C@H]1N(c1c(C(N)=O)cnn2cc(Br)cc12)S(C)(=O)=O. The monoisotopic (exact) mass is 415 g/mol. The van der Waals surface area contributed by atoms with Crippen LogP contribution in [0.4, 0.5) is 5.69 Å². The van der Waals surface area contributed by atoms with Gasteiger partial charge < -0.3 is 11.1 Å². The normalized spacial score (nSPS) is 21.3. The predicted octanol–water partition coefficient (Wildman–Crippen LogP) is 0.570. The highest BCUT2D eigenvalue weighted by Crippen LogP contribution is 2.34. The molecule has 3 N–H and O–H groups in total. The van der Waals surface area contributed by atoms with Crippen LogP contribution < -0.4 is 15.4 Å². The molecular weight excluding hydrogens is 398 g/mol. The van der Waals surface area contributed by atoms with Crippen molar-refractivity contribution in [3.8, 4) is 0 Å². The molecule has 0 aliphatic carbocycles. The number of carbonyl (C=O) groups excluding carboxylic acids is 1. The number of hydrogen-bond donors (Lipinski definition) is 2. The second kappa shape index (κ2) is 6.01. The van der Waals surface area contributed by atoms with Crippen molar-refractivity contribution in [1.29, 1.82) is 0 Å². The number of nitrogens with zero attached hydrogens (tertiary/aromatic N) is 3. The fraction of sp³-hybridized carbons (Fsp3) is 0.429. The Labute approximate surface area is 148 Å². The Hall–Kier alpha value is -1.65. The third kappa shape index (κ3) is 2.89. The van der Waals surface area contributed by atoms with E-state index in [0.29, 0.717) is 18.6 Å². The average molecular weight is 416 g/mol. The summed E-state index contributed by atoms with van der Waals surface area (Å²) in [6, 6.07) is 1.41. The van der Waals surface area contributed by atoms with E-state index in [1.54, 1.807) is 12.3 Å². The lowest BCUT2D eigenvalue weighted by Gasteiger charge is -2.32. The zero-order chi connectivity index (χ0) is 17.6. The van der Waals surface area contributed by atoms with Crippen molar-refractivity contribution in [2.45, 2.75) is 13.0 Å². The van der Waals surface area contributed by atoms with Crippen molar-refractivity contribution in [3.63, 3.8) is 0 Å². The third-order valence-electron chi connectivity index (χ3n) is 4.20. The van der Waals surface area contributed by atoms with Crippen LogP contribution in [-0.2, 0) is 10.0 Å². The topological polar surface area (TPSA) is 110 Å². The van der Waals surface area contributed by atoms with Gasteiger partial charge in [0.15, 0.2) is 0 Å².